The summed E-state index contributed by atoms with van der Waals surface area (Å²) in [7, 11) is 1.73. The number of rotatable bonds is 3. The van der Waals surface area contributed by atoms with E-state index in [1.165, 1.54) is 6.07 Å². The molecule has 1 N–H and O–H groups in total. The molecular weight excluding hydrogens is 201 g/mol. The Morgan fingerprint density at radius 3 is 2.86 bits per heavy atom. The Kier molecular flexibility index (Phi) is 3.94. The minimum atomic E-state index is -0.327. The van der Waals surface area contributed by atoms with E-state index in [0.29, 0.717) is 17.0 Å². The Morgan fingerprint density at radius 2 is 2.36 bits per heavy atom. The van der Waals surface area contributed by atoms with Gasteiger partial charge in [-0.05, 0) is 19.2 Å². The van der Waals surface area contributed by atoms with Gasteiger partial charge in [0, 0.05) is 23.0 Å². The Balaban J connectivity index is 3.09. The maximum Gasteiger partial charge on any atom is 0.129 e. The van der Waals surface area contributed by atoms with Gasteiger partial charge in [-0.1, -0.05) is 17.7 Å². The van der Waals surface area contributed by atoms with E-state index in [-0.39, 0.29) is 11.9 Å². The third kappa shape index (κ3) is 2.25. The highest BCUT2D eigenvalue weighted by Crippen LogP contribution is 2.27. The molecule has 1 nitrogen and oxygen atoms in total. The van der Waals surface area contributed by atoms with Crippen molar-refractivity contribution in [2.24, 2.45) is 0 Å². The number of terminal acetylenes is 1. The van der Waals surface area contributed by atoms with Crippen molar-refractivity contribution in [1.29, 1.82) is 0 Å². The molecule has 14 heavy (non-hydrogen) atoms. The smallest absolute Gasteiger partial charge is 0.129 e. The van der Waals surface area contributed by atoms with Crippen molar-refractivity contribution in [1.82, 2.24) is 5.32 Å². The van der Waals surface area contributed by atoms with Crippen LogP contribution in [0.15, 0.2) is 18.2 Å². The van der Waals surface area contributed by atoms with Crippen LogP contribution in [0.3, 0.4) is 0 Å². The van der Waals surface area contributed by atoms with Crippen LogP contribution in [0.1, 0.15) is 18.0 Å². The summed E-state index contributed by atoms with van der Waals surface area (Å²) in [6.45, 7) is 0. The fraction of sp³-hybridized carbons (Fsp3) is 0.273. The van der Waals surface area contributed by atoms with Crippen LogP contribution in [0.25, 0.3) is 0 Å². The molecule has 0 aliphatic carbocycles. The number of benzene rings is 1. The maximum atomic E-state index is 13.4. The average Bonchev–Trinajstić information content (AvgIpc) is 2.16. The zero-order chi connectivity index (χ0) is 10.6. The summed E-state index contributed by atoms with van der Waals surface area (Å²) in [6, 6.07) is 4.38. The van der Waals surface area contributed by atoms with Crippen LogP contribution in [-0.2, 0) is 0 Å². The molecule has 0 spiro atoms. The molecule has 0 radical (unpaired) electrons. The van der Waals surface area contributed by atoms with Crippen molar-refractivity contribution in [3.05, 3.63) is 34.6 Å². The summed E-state index contributed by atoms with van der Waals surface area (Å²) in [5.41, 5.74) is 0.439. The first-order valence-electron chi connectivity index (χ1n) is 4.25. The molecule has 0 bridgehead atoms. The van der Waals surface area contributed by atoms with Gasteiger partial charge in [-0.25, -0.2) is 4.39 Å². The van der Waals surface area contributed by atoms with E-state index in [4.69, 9.17) is 18.0 Å². The second-order valence-electron chi connectivity index (χ2n) is 2.88. The van der Waals surface area contributed by atoms with Crippen LogP contribution in [0.2, 0.25) is 5.02 Å². The SMILES string of the molecule is C#CCC(NC)c1c(F)cccc1Cl. The zero-order valence-electron chi connectivity index (χ0n) is 7.85. The standard InChI is InChI=1S/C11H11ClFN/c1-3-5-10(14-2)11-8(12)6-4-7-9(11)13/h1,4,6-7,10,14H,5H2,2H3. The summed E-state index contributed by atoms with van der Waals surface area (Å²) < 4.78 is 13.4. The van der Waals surface area contributed by atoms with E-state index >= 15 is 0 Å². The lowest BCUT2D eigenvalue weighted by Crippen LogP contribution is -2.17. The van der Waals surface area contributed by atoms with Crippen molar-refractivity contribution >= 4 is 11.6 Å². The molecule has 0 aliphatic heterocycles. The third-order valence-corrected chi connectivity index (χ3v) is 2.35. The van der Waals surface area contributed by atoms with Crippen molar-refractivity contribution < 1.29 is 4.39 Å². The summed E-state index contributed by atoms with van der Waals surface area (Å²) in [4.78, 5) is 0. The lowest BCUT2D eigenvalue weighted by Gasteiger charge is -2.15. The van der Waals surface area contributed by atoms with E-state index in [1.54, 1.807) is 19.2 Å². The molecule has 0 heterocycles. The summed E-state index contributed by atoms with van der Waals surface area (Å²) in [5, 5.41) is 3.34. The minimum absolute atomic E-state index is 0.228. The molecular formula is C11H11ClFN. The molecule has 0 saturated heterocycles. The molecule has 74 valence electrons. The summed E-state index contributed by atoms with van der Waals surface area (Å²) in [5.74, 6) is 2.16. The predicted octanol–water partition coefficient (Wildman–Crippen LogP) is 2.76. The van der Waals surface area contributed by atoms with E-state index in [2.05, 4.69) is 11.2 Å². The largest absolute Gasteiger partial charge is 0.312 e. The lowest BCUT2D eigenvalue weighted by atomic mass is 10.0. The number of halogens is 2. The normalized spacial score (nSPS) is 12.1. The Hall–Kier alpha value is -1.04. The molecule has 0 aliphatic rings. The van der Waals surface area contributed by atoms with Crippen molar-refractivity contribution in [3.8, 4) is 12.3 Å². The Bertz CT molecular complexity index is 337. The molecule has 1 rings (SSSR count). The second-order valence-corrected chi connectivity index (χ2v) is 3.29. The van der Waals surface area contributed by atoms with Gasteiger partial charge in [0.1, 0.15) is 5.82 Å². The van der Waals surface area contributed by atoms with Gasteiger partial charge < -0.3 is 5.32 Å². The van der Waals surface area contributed by atoms with Crippen molar-refractivity contribution in [2.75, 3.05) is 7.05 Å². The van der Waals surface area contributed by atoms with E-state index in [9.17, 15) is 4.39 Å². The number of hydrogen-bond acceptors (Lipinski definition) is 1. The molecule has 1 aromatic carbocycles. The minimum Gasteiger partial charge on any atom is -0.312 e. The van der Waals surface area contributed by atoms with Gasteiger partial charge in [0.2, 0.25) is 0 Å². The van der Waals surface area contributed by atoms with Gasteiger partial charge in [-0.2, -0.15) is 0 Å². The Labute approximate surface area is 88.3 Å². The number of hydrogen-bond donors (Lipinski definition) is 1. The average molecular weight is 212 g/mol. The number of nitrogens with one attached hydrogen (secondary N) is 1. The van der Waals surface area contributed by atoms with Crippen LogP contribution >= 0.6 is 11.6 Å². The first-order chi connectivity index (χ1) is 6.70. The first kappa shape index (κ1) is 11.0. The topological polar surface area (TPSA) is 12.0 Å². The third-order valence-electron chi connectivity index (χ3n) is 2.02. The molecule has 1 unspecified atom stereocenters. The molecule has 0 amide bonds. The lowest BCUT2D eigenvalue weighted by molar-refractivity contribution is 0.544. The van der Waals surface area contributed by atoms with Gasteiger partial charge in [0.15, 0.2) is 0 Å². The van der Waals surface area contributed by atoms with Crippen LogP contribution in [-0.4, -0.2) is 7.05 Å². The predicted molar refractivity (Wildman–Crippen MR) is 56.7 cm³/mol. The van der Waals surface area contributed by atoms with E-state index in [1.807, 2.05) is 0 Å². The first-order valence-corrected chi connectivity index (χ1v) is 4.63. The van der Waals surface area contributed by atoms with Gasteiger partial charge in [0.05, 0.1) is 0 Å². The van der Waals surface area contributed by atoms with Gasteiger partial charge in [-0.3, -0.25) is 0 Å². The maximum absolute atomic E-state index is 13.4. The zero-order valence-corrected chi connectivity index (χ0v) is 8.61. The quantitative estimate of drug-likeness (QED) is 0.759. The van der Waals surface area contributed by atoms with Gasteiger partial charge in [0.25, 0.3) is 0 Å². The molecule has 1 atom stereocenters. The Morgan fingerprint density at radius 1 is 1.64 bits per heavy atom. The van der Waals surface area contributed by atoms with Crippen LogP contribution in [0, 0.1) is 18.2 Å². The fourth-order valence-electron chi connectivity index (χ4n) is 1.31. The highest BCUT2D eigenvalue weighted by atomic mass is 35.5. The highest BCUT2D eigenvalue weighted by molar-refractivity contribution is 6.31. The molecule has 0 saturated carbocycles. The second kappa shape index (κ2) is 4.99. The summed E-state index contributed by atoms with van der Waals surface area (Å²) in [6.07, 6.45) is 5.60. The van der Waals surface area contributed by atoms with E-state index in [0.717, 1.165) is 0 Å². The molecule has 1 aromatic rings. The fourth-order valence-corrected chi connectivity index (χ4v) is 1.60. The highest BCUT2D eigenvalue weighted by Gasteiger charge is 2.15. The van der Waals surface area contributed by atoms with Gasteiger partial charge in [-0.15, -0.1) is 12.3 Å². The molecule has 0 fully saturated rings. The monoisotopic (exact) mass is 211 g/mol. The van der Waals surface area contributed by atoms with Crippen LogP contribution in [0.5, 0.6) is 0 Å². The molecule has 3 heteroatoms. The van der Waals surface area contributed by atoms with Crippen LogP contribution < -0.4 is 5.32 Å². The molecule has 0 aromatic heterocycles. The van der Waals surface area contributed by atoms with E-state index < -0.39 is 0 Å². The van der Waals surface area contributed by atoms with Crippen LogP contribution in [0.4, 0.5) is 4.39 Å². The van der Waals surface area contributed by atoms with Gasteiger partial charge >= 0.3 is 0 Å². The van der Waals surface area contributed by atoms with Crippen molar-refractivity contribution in [3.63, 3.8) is 0 Å². The van der Waals surface area contributed by atoms with Crippen molar-refractivity contribution in [2.45, 2.75) is 12.5 Å². The summed E-state index contributed by atoms with van der Waals surface area (Å²) >= 11 is 5.89.